The average molecular weight is 785 g/mol. The van der Waals surface area contributed by atoms with Crippen LogP contribution in [0.25, 0.3) is 0 Å². The predicted octanol–water partition coefficient (Wildman–Crippen LogP) is 7.57. The maximum atomic E-state index is 14.3. The third-order valence-electron chi connectivity index (χ3n) is 11.3. The summed E-state index contributed by atoms with van der Waals surface area (Å²) >= 11 is 6.02. The van der Waals surface area contributed by atoms with Gasteiger partial charge in [0.15, 0.2) is 0 Å². The lowest BCUT2D eigenvalue weighted by molar-refractivity contribution is -0.256. The number of nitrogens with zero attached hydrogens (tertiary/aromatic N) is 2. The monoisotopic (exact) mass is 784 g/mol. The van der Waals surface area contributed by atoms with Gasteiger partial charge in [0.05, 0.1) is 30.7 Å². The number of carbonyl (C=O) groups is 1. The Balaban J connectivity index is 1.58. The van der Waals surface area contributed by atoms with Crippen molar-refractivity contribution in [3.63, 3.8) is 0 Å². The summed E-state index contributed by atoms with van der Waals surface area (Å²) in [5.74, 6) is -2.10. The lowest BCUT2D eigenvalue weighted by Crippen LogP contribution is -2.70. The smallest absolute Gasteiger partial charge is 0.410 e. The standard InChI is InChI=1S/C42H54ClFN2O9/c1-2-21-53-42-37(46(41(50)52-23-18-43)27-28-12-14-30(44)15-13-28)26-35(45-55-38-11-5-8-22-51-38)33-24-29(9-3-6-19-47)32(10-4-7-20-48)39(40(33)42)34-25-31(49)16-17-36(34)54-42/h2,12-17,24-25,29,32,37-40,47-49H,1,3-11,18-23,26-27H2/t29-,32+,37-,38?,39+,40+,42+/m0/s1. The number of aliphatic hydroxyl groups is 2. The van der Waals surface area contributed by atoms with Crippen molar-refractivity contribution < 1.29 is 48.3 Å². The van der Waals surface area contributed by atoms with Gasteiger partial charge in [0, 0.05) is 44.1 Å². The minimum Gasteiger partial charge on any atom is -0.508 e. The van der Waals surface area contributed by atoms with Crippen molar-refractivity contribution in [1.82, 2.24) is 4.90 Å². The Morgan fingerprint density at radius 1 is 1.09 bits per heavy atom. The maximum Gasteiger partial charge on any atom is 0.410 e. The first kappa shape index (κ1) is 41.0. The van der Waals surface area contributed by atoms with Gasteiger partial charge in [-0.05, 0) is 91.8 Å². The number of oxime groups is 1. The van der Waals surface area contributed by atoms with Gasteiger partial charge in [-0.1, -0.05) is 42.3 Å². The van der Waals surface area contributed by atoms with Crippen LogP contribution in [0.15, 0.2) is 71.9 Å². The maximum absolute atomic E-state index is 14.3. The van der Waals surface area contributed by atoms with Crippen LogP contribution < -0.4 is 4.74 Å². The van der Waals surface area contributed by atoms with Crippen LogP contribution in [0.2, 0.25) is 0 Å². The number of phenolic OH excluding ortho intramolecular Hbond substituents is 1. The molecule has 11 nitrogen and oxygen atoms in total. The van der Waals surface area contributed by atoms with Crippen molar-refractivity contribution in [3.8, 4) is 11.5 Å². The van der Waals surface area contributed by atoms with Gasteiger partial charge in [0.1, 0.15) is 30.0 Å². The summed E-state index contributed by atoms with van der Waals surface area (Å²) in [6.07, 6.45) is 9.78. The molecule has 1 unspecified atom stereocenters. The van der Waals surface area contributed by atoms with E-state index < -0.39 is 35.9 Å². The van der Waals surface area contributed by atoms with Crippen LogP contribution in [0.5, 0.6) is 11.5 Å². The number of rotatable bonds is 18. The first-order valence-electron chi connectivity index (χ1n) is 19.6. The Morgan fingerprint density at radius 3 is 2.58 bits per heavy atom. The Labute approximate surface area is 327 Å². The van der Waals surface area contributed by atoms with Crippen molar-refractivity contribution >= 4 is 23.4 Å². The summed E-state index contributed by atoms with van der Waals surface area (Å²) < 4.78 is 39.8. The van der Waals surface area contributed by atoms with Gasteiger partial charge in [-0.15, -0.1) is 18.2 Å². The number of unbranched alkanes of at least 4 members (excludes halogenated alkanes) is 2. The molecule has 2 aromatic carbocycles. The van der Waals surface area contributed by atoms with Crippen molar-refractivity contribution in [3.05, 3.63) is 83.7 Å². The van der Waals surface area contributed by atoms with E-state index in [4.69, 9.17) is 40.5 Å². The Morgan fingerprint density at radius 2 is 1.87 bits per heavy atom. The highest BCUT2D eigenvalue weighted by Crippen LogP contribution is 2.62. The molecule has 55 heavy (non-hydrogen) atoms. The quantitative estimate of drug-likeness (QED) is 0.0605. The van der Waals surface area contributed by atoms with Crippen LogP contribution in [0.4, 0.5) is 9.18 Å². The summed E-state index contributed by atoms with van der Waals surface area (Å²) in [5, 5.41) is 35.4. The Bertz CT molecular complexity index is 1650. The first-order valence-corrected chi connectivity index (χ1v) is 20.2. The van der Waals surface area contributed by atoms with E-state index in [1.807, 2.05) is 0 Å². The minimum atomic E-state index is -1.53. The van der Waals surface area contributed by atoms with Crippen molar-refractivity contribution in [2.45, 2.75) is 94.8 Å². The normalized spacial score (nSPS) is 27.6. The molecule has 1 saturated heterocycles. The molecule has 7 atom stereocenters. The van der Waals surface area contributed by atoms with Gasteiger partial charge in [-0.2, -0.15) is 0 Å². The fraction of sp³-hybridized carbons (Fsp3) is 0.571. The van der Waals surface area contributed by atoms with E-state index in [2.05, 4.69) is 12.7 Å². The molecule has 2 aromatic rings. The second kappa shape index (κ2) is 19.5. The second-order valence-electron chi connectivity index (χ2n) is 14.8. The summed E-state index contributed by atoms with van der Waals surface area (Å²) in [6, 6.07) is 10.1. The molecule has 2 aliphatic carbocycles. The summed E-state index contributed by atoms with van der Waals surface area (Å²) in [5.41, 5.74) is 2.93. The molecule has 4 aliphatic rings. The number of allylic oxidation sites excluding steroid dienone is 1. The van der Waals surface area contributed by atoms with Gasteiger partial charge in [-0.25, -0.2) is 9.18 Å². The number of aliphatic hydroxyl groups excluding tert-OH is 2. The largest absolute Gasteiger partial charge is 0.508 e. The van der Waals surface area contributed by atoms with Crippen LogP contribution >= 0.6 is 11.6 Å². The summed E-state index contributed by atoms with van der Waals surface area (Å²) in [4.78, 5) is 22.0. The molecule has 0 spiro atoms. The molecule has 0 bridgehead atoms. The van der Waals surface area contributed by atoms with E-state index in [-0.39, 0.29) is 68.8 Å². The molecule has 1 saturated carbocycles. The Hall–Kier alpha value is -3.68. The van der Waals surface area contributed by atoms with Gasteiger partial charge < -0.3 is 39.1 Å². The zero-order chi connectivity index (χ0) is 38.8. The molecule has 2 fully saturated rings. The molecular weight excluding hydrogens is 731 g/mol. The predicted molar refractivity (Wildman–Crippen MR) is 205 cm³/mol. The molecule has 300 valence electrons. The van der Waals surface area contributed by atoms with E-state index in [9.17, 15) is 24.5 Å². The lowest BCUT2D eigenvalue weighted by Gasteiger charge is -2.59. The number of hydrogen-bond donors (Lipinski definition) is 3. The molecule has 13 heteroatoms. The number of fused-ring (bicyclic) bond motifs is 2. The number of alkyl halides is 1. The van der Waals surface area contributed by atoms with Crippen molar-refractivity contribution in [2.75, 3.05) is 38.9 Å². The highest BCUT2D eigenvalue weighted by molar-refractivity contribution is 6.18. The Kier molecular flexibility index (Phi) is 14.5. The number of aromatic hydroxyl groups is 1. The number of carbonyl (C=O) groups excluding carboxylic acids is 1. The van der Waals surface area contributed by atoms with E-state index in [1.54, 1.807) is 41.3 Å². The van der Waals surface area contributed by atoms with Crippen molar-refractivity contribution in [1.29, 1.82) is 0 Å². The highest BCUT2D eigenvalue weighted by Gasteiger charge is 2.65. The van der Waals surface area contributed by atoms with Gasteiger partial charge >= 0.3 is 6.09 Å². The number of ether oxygens (including phenoxy) is 4. The van der Waals surface area contributed by atoms with Crippen molar-refractivity contribution in [2.24, 2.45) is 22.9 Å². The number of amides is 1. The third kappa shape index (κ3) is 9.31. The number of hydrogen-bond acceptors (Lipinski definition) is 10. The van der Waals surface area contributed by atoms with E-state index in [1.165, 1.54) is 12.1 Å². The average Bonchev–Trinajstić information content (AvgIpc) is 3.20. The van der Waals surface area contributed by atoms with Crippen LogP contribution in [0.3, 0.4) is 0 Å². The molecule has 2 aliphatic heterocycles. The van der Waals surface area contributed by atoms with Crippen LogP contribution in [0.1, 0.15) is 81.3 Å². The van der Waals surface area contributed by atoms with Crippen LogP contribution in [-0.2, 0) is 25.6 Å². The van der Waals surface area contributed by atoms with Crippen LogP contribution in [-0.4, -0.2) is 89.1 Å². The topological polar surface area (TPSA) is 140 Å². The van der Waals surface area contributed by atoms with Crippen LogP contribution in [0, 0.1) is 23.6 Å². The fourth-order valence-corrected chi connectivity index (χ4v) is 8.95. The molecule has 2 heterocycles. The fourth-order valence-electron chi connectivity index (χ4n) is 8.87. The van der Waals surface area contributed by atoms with E-state index in [0.717, 1.165) is 49.7 Å². The van der Waals surface area contributed by atoms with Gasteiger partial charge in [-0.3, -0.25) is 4.90 Å². The second-order valence-corrected chi connectivity index (χ2v) is 15.1. The van der Waals surface area contributed by atoms with E-state index in [0.29, 0.717) is 42.9 Å². The summed E-state index contributed by atoms with van der Waals surface area (Å²) in [7, 11) is 0. The third-order valence-corrected chi connectivity index (χ3v) is 11.4. The molecule has 0 radical (unpaired) electrons. The number of halogens is 2. The lowest BCUT2D eigenvalue weighted by atomic mass is 9.55. The molecule has 6 rings (SSSR count). The highest BCUT2D eigenvalue weighted by atomic mass is 35.5. The van der Waals surface area contributed by atoms with Gasteiger partial charge in [0.2, 0.25) is 12.1 Å². The SMILES string of the molecule is C=CCO[C@@]12Oc3ccc(O)cc3[C@H]3[C@H](CCCCO)[C@@H](CCCCO)C=C(C(=NOC4CCCCO4)C[C@@H]1N(Cc1ccc(F)cc1)C(=O)OCCCl)[C@H]32. The summed E-state index contributed by atoms with van der Waals surface area (Å²) in [6.45, 7) is 4.73. The molecule has 0 aromatic heterocycles. The molecular formula is C42H54ClFN2O9. The first-order chi connectivity index (χ1) is 26.8. The number of phenols is 1. The number of benzene rings is 2. The molecule has 1 amide bonds. The molecule has 3 N–H and O–H groups in total. The minimum absolute atomic E-state index is 0.00788. The van der Waals surface area contributed by atoms with E-state index >= 15 is 0 Å². The zero-order valence-electron chi connectivity index (χ0n) is 31.3. The zero-order valence-corrected chi connectivity index (χ0v) is 32.1. The van der Waals surface area contributed by atoms with Gasteiger partial charge in [0.25, 0.3) is 0 Å².